The lowest BCUT2D eigenvalue weighted by Gasteiger charge is -2.25. The molecule has 5 rings (SSSR count). The van der Waals surface area contributed by atoms with Gasteiger partial charge >= 0.3 is 6.18 Å². The van der Waals surface area contributed by atoms with E-state index in [1.165, 1.54) is 11.0 Å². The van der Waals surface area contributed by atoms with E-state index in [1.807, 2.05) is 64.1 Å². The second-order valence-electron chi connectivity index (χ2n) is 12.0. The number of aliphatic hydroxyl groups is 1. The number of allylic oxidation sites excluding steroid dienone is 1. The Morgan fingerprint density at radius 3 is 2.33 bits per heavy atom. The van der Waals surface area contributed by atoms with Gasteiger partial charge < -0.3 is 14.4 Å². The Morgan fingerprint density at radius 2 is 1.67 bits per heavy atom. The molecule has 1 amide bonds. The number of pyridine rings is 2. The number of nitrogens with zero attached hydrogens (tertiary/aromatic N) is 3. The number of carbonyl (C=O) groups excluding carboxylic acids is 1. The predicted octanol–water partition coefficient (Wildman–Crippen LogP) is 9.68. The molecule has 1 N–H and O–H groups in total. The van der Waals surface area contributed by atoms with Crippen molar-refractivity contribution in [1.29, 1.82) is 0 Å². The Hall–Kier alpha value is -4.63. The van der Waals surface area contributed by atoms with Crippen LogP contribution in [0.15, 0.2) is 83.5 Å². The van der Waals surface area contributed by atoms with Gasteiger partial charge in [0, 0.05) is 28.4 Å². The SMILES string of the molecule is C=C(O)C(C)(C)c1cccc(-c2ccc(CN(Cc3ccc(C(F)(F)F)o3)C(=O)c3cc(C)nc4cc(C)c(C)nc34)c(Cl)c2)c1. The second-order valence-corrected chi connectivity index (χ2v) is 12.4. The first kappa shape index (κ1) is 32.8. The highest BCUT2D eigenvalue weighted by Gasteiger charge is 2.35. The van der Waals surface area contributed by atoms with Gasteiger partial charge in [0.15, 0.2) is 0 Å². The number of halogens is 4. The molecule has 0 atom stereocenters. The molecule has 3 heterocycles. The molecule has 0 unspecified atom stereocenters. The van der Waals surface area contributed by atoms with E-state index in [0.717, 1.165) is 34.0 Å². The van der Waals surface area contributed by atoms with Crippen LogP contribution in [-0.2, 0) is 24.7 Å². The third-order valence-electron chi connectivity index (χ3n) is 8.21. The normalized spacial score (nSPS) is 12.0. The predicted molar refractivity (Wildman–Crippen MR) is 173 cm³/mol. The number of hydrogen-bond donors (Lipinski definition) is 1. The summed E-state index contributed by atoms with van der Waals surface area (Å²) in [5, 5.41) is 10.5. The summed E-state index contributed by atoms with van der Waals surface area (Å²) in [6.45, 7) is 12.7. The Kier molecular flexibility index (Phi) is 8.75. The van der Waals surface area contributed by atoms with Crippen LogP contribution in [0, 0.1) is 20.8 Å². The molecule has 10 heteroatoms. The van der Waals surface area contributed by atoms with Gasteiger partial charge in [-0.25, -0.2) is 0 Å². The Morgan fingerprint density at radius 1 is 0.957 bits per heavy atom. The highest BCUT2D eigenvalue weighted by molar-refractivity contribution is 6.31. The van der Waals surface area contributed by atoms with Gasteiger partial charge in [0.2, 0.25) is 5.76 Å². The first-order chi connectivity index (χ1) is 21.5. The Labute approximate surface area is 270 Å². The van der Waals surface area contributed by atoms with Crippen LogP contribution >= 0.6 is 11.6 Å². The number of alkyl halides is 3. The summed E-state index contributed by atoms with van der Waals surface area (Å²) >= 11 is 6.79. The molecule has 5 aromatic rings. The van der Waals surface area contributed by atoms with Gasteiger partial charge in [0.25, 0.3) is 5.91 Å². The summed E-state index contributed by atoms with van der Waals surface area (Å²) in [5.74, 6) is -1.60. The summed E-state index contributed by atoms with van der Waals surface area (Å²) in [4.78, 5) is 24.8. The van der Waals surface area contributed by atoms with Crippen LogP contribution in [0.25, 0.3) is 22.2 Å². The van der Waals surface area contributed by atoms with Crippen molar-refractivity contribution in [3.63, 3.8) is 0 Å². The quantitative estimate of drug-likeness (QED) is 0.170. The zero-order valence-corrected chi connectivity index (χ0v) is 26.8. The molecule has 0 spiro atoms. The number of carbonyl (C=O) groups is 1. The highest BCUT2D eigenvalue weighted by atomic mass is 35.5. The largest absolute Gasteiger partial charge is 0.512 e. The smallest absolute Gasteiger partial charge is 0.449 e. The van der Waals surface area contributed by atoms with Crippen LogP contribution in [0.5, 0.6) is 0 Å². The van der Waals surface area contributed by atoms with Crippen molar-refractivity contribution in [2.24, 2.45) is 0 Å². The monoisotopic (exact) mass is 647 g/mol. The number of rotatable bonds is 8. The number of benzene rings is 2. The number of aryl methyl sites for hydroxylation is 3. The van der Waals surface area contributed by atoms with Crippen molar-refractivity contribution in [3.05, 3.63) is 129 Å². The minimum atomic E-state index is -4.67. The minimum absolute atomic E-state index is 0.0227. The minimum Gasteiger partial charge on any atom is -0.512 e. The fourth-order valence-corrected chi connectivity index (χ4v) is 5.37. The standard InChI is InChI=1S/C36H33ClF3N3O3/c1-20-14-31-33(42-22(20)3)29(15-21(2)41-31)34(45)43(19-28-12-13-32(46-28)36(38,39)40)18-26-11-10-25(17-30(26)37)24-8-7-9-27(16-24)35(5,6)23(4)44/h7-17,44H,4,18-19H2,1-3,5-6H3. The molecule has 0 aliphatic carbocycles. The van der Waals surface area contributed by atoms with Crippen molar-refractivity contribution in [2.75, 3.05) is 0 Å². The first-order valence-corrected chi connectivity index (χ1v) is 14.9. The molecule has 238 valence electrons. The highest BCUT2D eigenvalue weighted by Crippen LogP contribution is 2.35. The maximum Gasteiger partial charge on any atom is 0.449 e. The van der Waals surface area contributed by atoms with Gasteiger partial charge in [-0.15, -0.1) is 0 Å². The summed E-state index contributed by atoms with van der Waals surface area (Å²) in [6, 6.07) is 18.6. The number of fused-ring (bicyclic) bond motifs is 1. The summed E-state index contributed by atoms with van der Waals surface area (Å²) in [6.07, 6.45) is -4.67. The van der Waals surface area contributed by atoms with Gasteiger partial charge in [-0.05, 0) is 92.8 Å². The van der Waals surface area contributed by atoms with E-state index in [-0.39, 0.29) is 30.2 Å². The maximum absolute atomic E-state index is 14.2. The van der Waals surface area contributed by atoms with Crippen molar-refractivity contribution in [2.45, 2.75) is 59.3 Å². The van der Waals surface area contributed by atoms with E-state index in [1.54, 1.807) is 25.1 Å². The number of aromatic nitrogens is 2. The fraction of sp³-hybridized carbons (Fsp3) is 0.250. The van der Waals surface area contributed by atoms with Crippen LogP contribution in [0.1, 0.15) is 63.8 Å². The molecule has 0 aliphatic rings. The van der Waals surface area contributed by atoms with E-state index in [9.17, 15) is 23.1 Å². The van der Waals surface area contributed by atoms with E-state index in [0.29, 0.717) is 27.3 Å². The van der Waals surface area contributed by atoms with Gasteiger partial charge in [-0.3, -0.25) is 14.8 Å². The van der Waals surface area contributed by atoms with Gasteiger partial charge in [-0.1, -0.05) is 54.6 Å². The van der Waals surface area contributed by atoms with Gasteiger partial charge in [0.1, 0.15) is 11.3 Å². The first-order valence-electron chi connectivity index (χ1n) is 14.5. The molecule has 0 saturated heterocycles. The molecule has 0 aliphatic heterocycles. The molecular formula is C36H33ClF3N3O3. The topological polar surface area (TPSA) is 79.5 Å². The zero-order valence-electron chi connectivity index (χ0n) is 26.1. The second kappa shape index (κ2) is 12.3. The van der Waals surface area contributed by atoms with Gasteiger partial charge in [0.05, 0.1) is 23.4 Å². The molecule has 0 saturated carbocycles. The molecule has 6 nitrogen and oxygen atoms in total. The van der Waals surface area contributed by atoms with Crippen LogP contribution in [0.3, 0.4) is 0 Å². The van der Waals surface area contributed by atoms with Crippen LogP contribution in [0.4, 0.5) is 13.2 Å². The summed E-state index contributed by atoms with van der Waals surface area (Å²) in [7, 11) is 0. The van der Waals surface area contributed by atoms with E-state index in [4.69, 9.17) is 16.0 Å². The number of aliphatic hydroxyl groups excluding tert-OH is 1. The number of furan rings is 1. The molecule has 0 radical (unpaired) electrons. The third-order valence-corrected chi connectivity index (χ3v) is 8.56. The molecular weight excluding hydrogens is 615 g/mol. The number of hydrogen-bond acceptors (Lipinski definition) is 5. The fourth-order valence-electron chi connectivity index (χ4n) is 5.13. The average Bonchev–Trinajstić information content (AvgIpc) is 3.47. The van der Waals surface area contributed by atoms with Crippen LogP contribution in [-0.4, -0.2) is 25.9 Å². The molecule has 3 aromatic heterocycles. The lowest BCUT2D eigenvalue weighted by atomic mass is 9.82. The lowest BCUT2D eigenvalue weighted by Crippen LogP contribution is -2.30. The van der Waals surface area contributed by atoms with Crippen molar-refractivity contribution in [1.82, 2.24) is 14.9 Å². The summed E-state index contributed by atoms with van der Waals surface area (Å²) < 4.78 is 45.1. The molecule has 0 bridgehead atoms. The Balaban J connectivity index is 1.53. The third kappa shape index (κ3) is 6.65. The van der Waals surface area contributed by atoms with Gasteiger partial charge in [-0.2, -0.15) is 13.2 Å². The lowest BCUT2D eigenvalue weighted by molar-refractivity contribution is -0.153. The van der Waals surface area contributed by atoms with Crippen LogP contribution in [0.2, 0.25) is 5.02 Å². The molecule has 0 fully saturated rings. The van der Waals surface area contributed by atoms with E-state index >= 15 is 0 Å². The Bertz CT molecular complexity index is 1980. The zero-order chi connectivity index (χ0) is 33.6. The summed E-state index contributed by atoms with van der Waals surface area (Å²) in [5.41, 5.74) is 5.89. The van der Waals surface area contributed by atoms with E-state index in [2.05, 4.69) is 16.5 Å². The van der Waals surface area contributed by atoms with Crippen molar-refractivity contribution >= 4 is 28.5 Å². The van der Waals surface area contributed by atoms with Crippen LogP contribution < -0.4 is 0 Å². The maximum atomic E-state index is 14.2. The average molecular weight is 648 g/mol. The molecule has 46 heavy (non-hydrogen) atoms. The number of amides is 1. The van der Waals surface area contributed by atoms with E-state index < -0.39 is 23.3 Å². The van der Waals surface area contributed by atoms with Crippen molar-refractivity contribution < 1.29 is 27.5 Å². The van der Waals surface area contributed by atoms with Crippen molar-refractivity contribution in [3.8, 4) is 11.1 Å². The molecule has 2 aromatic carbocycles.